The van der Waals surface area contributed by atoms with E-state index in [2.05, 4.69) is 48.4 Å². The molecule has 25 heavy (non-hydrogen) atoms. The minimum absolute atomic E-state index is 0.0762. The molecule has 0 aliphatic carbocycles. The zero-order chi connectivity index (χ0) is 17.6. The van der Waals surface area contributed by atoms with Crippen LogP contribution in [0, 0.1) is 0 Å². The number of nitrogens with zero attached hydrogens (tertiary/aromatic N) is 1. The molecule has 0 spiro atoms. The van der Waals surface area contributed by atoms with Crippen LogP contribution in [-0.4, -0.2) is 10.9 Å². The number of benzene rings is 2. The normalized spacial score (nSPS) is 10.7. The zero-order valence-electron chi connectivity index (χ0n) is 14.6. The largest absolute Gasteiger partial charge is 0.348 e. The van der Waals surface area contributed by atoms with Gasteiger partial charge in [0.15, 0.2) is 0 Å². The number of rotatable bonds is 5. The summed E-state index contributed by atoms with van der Waals surface area (Å²) in [6.45, 7) is 4.84. The Morgan fingerprint density at radius 2 is 1.88 bits per heavy atom. The maximum absolute atomic E-state index is 12.5. The van der Waals surface area contributed by atoms with E-state index in [1.54, 1.807) is 12.4 Å². The number of hydrogen-bond donors (Lipinski definition) is 1. The second-order valence-corrected chi connectivity index (χ2v) is 6.37. The van der Waals surface area contributed by atoms with Crippen LogP contribution in [0.4, 0.5) is 0 Å². The summed E-state index contributed by atoms with van der Waals surface area (Å²) in [7, 11) is 0. The van der Waals surface area contributed by atoms with Crippen LogP contribution < -0.4 is 5.32 Å². The lowest BCUT2D eigenvalue weighted by Gasteiger charge is -2.13. The van der Waals surface area contributed by atoms with E-state index < -0.39 is 0 Å². The number of pyridine rings is 1. The van der Waals surface area contributed by atoms with Crippen LogP contribution in [0.3, 0.4) is 0 Å². The lowest BCUT2D eigenvalue weighted by Crippen LogP contribution is -2.22. The third-order valence-corrected chi connectivity index (χ3v) is 4.19. The van der Waals surface area contributed by atoms with Crippen molar-refractivity contribution in [3.8, 4) is 11.1 Å². The van der Waals surface area contributed by atoms with E-state index in [9.17, 15) is 4.79 Å². The summed E-state index contributed by atoms with van der Waals surface area (Å²) in [6, 6.07) is 20.0. The first-order valence-corrected chi connectivity index (χ1v) is 8.51. The van der Waals surface area contributed by atoms with Gasteiger partial charge in [0.05, 0.1) is 0 Å². The Morgan fingerprint density at radius 3 is 2.64 bits per heavy atom. The van der Waals surface area contributed by atoms with E-state index in [0.29, 0.717) is 18.0 Å². The van der Waals surface area contributed by atoms with E-state index in [1.165, 1.54) is 11.1 Å². The van der Waals surface area contributed by atoms with Crippen LogP contribution in [0.25, 0.3) is 11.1 Å². The van der Waals surface area contributed by atoms with Crippen LogP contribution in [0.5, 0.6) is 0 Å². The van der Waals surface area contributed by atoms with Crippen molar-refractivity contribution in [3.05, 3.63) is 89.7 Å². The molecule has 1 amide bonds. The highest BCUT2D eigenvalue weighted by atomic mass is 16.1. The lowest BCUT2D eigenvalue weighted by molar-refractivity contribution is 0.0951. The minimum atomic E-state index is -0.0762. The summed E-state index contributed by atoms with van der Waals surface area (Å²) in [5, 5.41) is 2.95. The Morgan fingerprint density at radius 1 is 1.04 bits per heavy atom. The predicted molar refractivity (Wildman–Crippen MR) is 101 cm³/mol. The Kier molecular flexibility index (Phi) is 5.24. The molecule has 1 heterocycles. The van der Waals surface area contributed by atoms with Gasteiger partial charge < -0.3 is 5.32 Å². The van der Waals surface area contributed by atoms with Crippen LogP contribution in [0.1, 0.15) is 41.3 Å². The molecular weight excluding hydrogens is 308 g/mol. The highest BCUT2D eigenvalue weighted by molar-refractivity contribution is 5.95. The van der Waals surface area contributed by atoms with Gasteiger partial charge >= 0.3 is 0 Å². The van der Waals surface area contributed by atoms with Crippen molar-refractivity contribution in [1.82, 2.24) is 10.3 Å². The average molecular weight is 330 g/mol. The topological polar surface area (TPSA) is 42.0 Å². The van der Waals surface area contributed by atoms with Gasteiger partial charge in [-0.2, -0.15) is 0 Å². The van der Waals surface area contributed by atoms with Gasteiger partial charge in [-0.1, -0.05) is 56.3 Å². The van der Waals surface area contributed by atoms with Gasteiger partial charge in [0.2, 0.25) is 0 Å². The van der Waals surface area contributed by atoms with Crippen molar-refractivity contribution < 1.29 is 4.79 Å². The van der Waals surface area contributed by atoms with Gasteiger partial charge in [-0.15, -0.1) is 0 Å². The number of amides is 1. The van der Waals surface area contributed by atoms with Gasteiger partial charge in [-0.05, 0) is 46.4 Å². The SMILES string of the molecule is CC(C)c1ccccc1-c1cccc(C(=O)NCc2cccnc2)c1. The van der Waals surface area contributed by atoms with Gasteiger partial charge in [-0.25, -0.2) is 0 Å². The molecule has 2 aromatic carbocycles. The van der Waals surface area contributed by atoms with Gasteiger partial charge in [0.25, 0.3) is 5.91 Å². The van der Waals surface area contributed by atoms with Crippen molar-refractivity contribution in [2.24, 2.45) is 0 Å². The summed E-state index contributed by atoms with van der Waals surface area (Å²) in [5.41, 5.74) is 5.19. The molecular formula is C22H22N2O. The fraction of sp³-hybridized carbons (Fsp3) is 0.182. The van der Waals surface area contributed by atoms with Crippen LogP contribution in [0.15, 0.2) is 73.1 Å². The number of nitrogens with one attached hydrogen (secondary N) is 1. The highest BCUT2D eigenvalue weighted by Crippen LogP contribution is 2.29. The summed E-state index contributed by atoms with van der Waals surface area (Å²) in [5.74, 6) is 0.354. The molecule has 0 fully saturated rings. The summed E-state index contributed by atoms with van der Waals surface area (Å²) < 4.78 is 0. The van der Waals surface area contributed by atoms with E-state index in [1.807, 2.05) is 36.4 Å². The van der Waals surface area contributed by atoms with Crippen molar-refractivity contribution in [1.29, 1.82) is 0 Å². The molecule has 0 unspecified atom stereocenters. The molecule has 0 radical (unpaired) electrons. The smallest absolute Gasteiger partial charge is 0.251 e. The molecule has 0 saturated heterocycles. The quantitative estimate of drug-likeness (QED) is 0.730. The predicted octanol–water partition coefficient (Wildman–Crippen LogP) is 4.80. The second-order valence-electron chi connectivity index (χ2n) is 6.37. The van der Waals surface area contributed by atoms with Crippen molar-refractivity contribution >= 4 is 5.91 Å². The van der Waals surface area contributed by atoms with E-state index in [0.717, 1.165) is 11.1 Å². The lowest BCUT2D eigenvalue weighted by atomic mass is 9.92. The summed E-state index contributed by atoms with van der Waals surface area (Å²) in [4.78, 5) is 16.6. The minimum Gasteiger partial charge on any atom is -0.348 e. The molecule has 1 aromatic heterocycles. The molecule has 0 saturated carbocycles. The third kappa shape index (κ3) is 4.13. The molecule has 0 bridgehead atoms. The van der Waals surface area contributed by atoms with Crippen molar-refractivity contribution in [2.45, 2.75) is 26.3 Å². The molecule has 0 aliphatic rings. The van der Waals surface area contributed by atoms with Gasteiger partial charge in [-0.3, -0.25) is 9.78 Å². The fourth-order valence-electron chi connectivity index (χ4n) is 2.88. The number of carbonyl (C=O) groups excluding carboxylic acids is 1. The van der Waals surface area contributed by atoms with Crippen molar-refractivity contribution in [2.75, 3.05) is 0 Å². The molecule has 0 aliphatic heterocycles. The standard InChI is InChI=1S/C22H22N2O/c1-16(2)20-10-3-4-11-21(20)18-8-5-9-19(13-18)22(25)24-15-17-7-6-12-23-14-17/h3-14,16H,15H2,1-2H3,(H,24,25). The molecule has 3 aromatic rings. The zero-order valence-corrected chi connectivity index (χ0v) is 14.6. The third-order valence-electron chi connectivity index (χ3n) is 4.19. The summed E-state index contributed by atoms with van der Waals surface area (Å²) in [6.07, 6.45) is 3.48. The molecule has 3 nitrogen and oxygen atoms in total. The molecule has 126 valence electrons. The number of aromatic nitrogens is 1. The number of hydrogen-bond acceptors (Lipinski definition) is 2. The van der Waals surface area contributed by atoms with Crippen molar-refractivity contribution in [3.63, 3.8) is 0 Å². The Bertz CT molecular complexity index is 857. The van der Waals surface area contributed by atoms with Crippen LogP contribution >= 0.6 is 0 Å². The molecule has 3 rings (SSSR count). The summed E-state index contributed by atoms with van der Waals surface area (Å²) >= 11 is 0. The monoisotopic (exact) mass is 330 g/mol. The Balaban J connectivity index is 1.81. The molecule has 1 N–H and O–H groups in total. The first-order chi connectivity index (χ1) is 12.1. The van der Waals surface area contributed by atoms with Crippen LogP contribution in [-0.2, 0) is 6.54 Å². The van der Waals surface area contributed by atoms with E-state index >= 15 is 0 Å². The molecule has 0 atom stereocenters. The highest BCUT2D eigenvalue weighted by Gasteiger charge is 2.11. The van der Waals surface area contributed by atoms with Gasteiger partial charge in [0.1, 0.15) is 0 Å². The van der Waals surface area contributed by atoms with Gasteiger partial charge in [0, 0.05) is 24.5 Å². The van der Waals surface area contributed by atoms with E-state index in [-0.39, 0.29) is 5.91 Å². The first-order valence-electron chi connectivity index (χ1n) is 8.51. The number of carbonyl (C=O) groups is 1. The van der Waals surface area contributed by atoms with Crippen LogP contribution in [0.2, 0.25) is 0 Å². The maximum Gasteiger partial charge on any atom is 0.251 e. The molecule has 3 heteroatoms. The Labute approximate surface area is 148 Å². The fourth-order valence-corrected chi connectivity index (χ4v) is 2.88. The maximum atomic E-state index is 12.5. The average Bonchev–Trinajstić information content (AvgIpc) is 2.67. The second kappa shape index (κ2) is 7.75. The van der Waals surface area contributed by atoms with E-state index in [4.69, 9.17) is 0 Å². The Hall–Kier alpha value is -2.94. The first kappa shape index (κ1) is 16.9.